The second kappa shape index (κ2) is 11.2. The number of hydrogen-bond donors (Lipinski definition) is 1. The molecular weight excluding hydrogens is 515 g/mol. The summed E-state index contributed by atoms with van der Waals surface area (Å²) >= 11 is 0. The van der Waals surface area contributed by atoms with Crippen molar-refractivity contribution in [2.75, 3.05) is 27.2 Å². The molecule has 200 valence electrons. The van der Waals surface area contributed by atoms with Crippen molar-refractivity contribution in [1.29, 1.82) is 0 Å². The van der Waals surface area contributed by atoms with E-state index in [4.69, 9.17) is 14.6 Å². The molecule has 2 aromatic carbocycles. The Morgan fingerprint density at radius 3 is 2.19 bits per heavy atom. The van der Waals surface area contributed by atoms with Gasteiger partial charge >= 0.3 is 18.2 Å². The molecule has 1 N–H and O–H groups in total. The van der Waals surface area contributed by atoms with Crippen molar-refractivity contribution in [3.63, 3.8) is 0 Å². The number of ether oxygens (including phenoxy) is 1. The Bertz CT molecular complexity index is 1370. The molecule has 13 heteroatoms. The number of aromatic nitrogens is 1. The van der Waals surface area contributed by atoms with Crippen LogP contribution >= 0.6 is 0 Å². The van der Waals surface area contributed by atoms with Crippen molar-refractivity contribution in [1.82, 2.24) is 13.8 Å². The number of rotatable bonds is 5. The third-order valence-electron chi connectivity index (χ3n) is 5.54. The third kappa shape index (κ3) is 6.80. The number of amides is 1. The number of nitrogens with zero attached hydrogens (tertiary/aromatic N) is 3. The summed E-state index contributed by atoms with van der Waals surface area (Å²) in [5.41, 5.74) is 1.44. The predicted octanol–water partition coefficient (Wildman–Crippen LogP) is 4.17. The molecule has 1 fully saturated rings. The standard InChI is InChI=1S/C22H25N3O4S.C2HF3O2/c1-23(2)22(26)29-18-14-17(16-24-11-6-7-12-24)20-10-13-25(21(20)15-18)30(27,28)19-8-4-3-5-9-19;3-2(4,5)1(6)7/h3-5,8-10,13-15H,6-7,11-12,16H2,1-2H3;(H,6,7). The van der Waals surface area contributed by atoms with Gasteiger partial charge in [-0.2, -0.15) is 13.2 Å². The van der Waals surface area contributed by atoms with Gasteiger partial charge in [-0.1, -0.05) is 18.2 Å². The Labute approximate surface area is 211 Å². The van der Waals surface area contributed by atoms with E-state index in [2.05, 4.69) is 4.90 Å². The Morgan fingerprint density at radius 2 is 1.65 bits per heavy atom. The molecule has 0 saturated carbocycles. The Kier molecular flexibility index (Phi) is 8.49. The minimum Gasteiger partial charge on any atom is -0.475 e. The zero-order chi connectivity index (χ0) is 27.4. The smallest absolute Gasteiger partial charge is 0.475 e. The van der Waals surface area contributed by atoms with Crippen molar-refractivity contribution >= 4 is 33.0 Å². The molecule has 3 aromatic rings. The van der Waals surface area contributed by atoms with Gasteiger partial charge in [0.2, 0.25) is 0 Å². The van der Waals surface area contributed by atoms with Crippen molar-refractivity contribution in [2.45, 2.75) is 30.5 Å². The monoisotopic (exact) mass is 541 g/mol. The van der Waals surface area contributed by atoms with Crippen LogP contribution in [0.3, 0.4) is 0 Å². The number of alkyl halides is 3. The zero-order valence-electron chi connectivity index (χ0n) is 20.1. The Hall–Kier alpha value is -3.58. The lowest BCUT2D eigenvalue weighted by atomic mass is 10.1. The first-order chi connectivity index (χ1) is 17.3. The number of likely N-dealkylation sites (tertiary alicyclic amines) is 1. The molecule has 1 amide bonds. The number of carbonyl (C=O) groups is 2. The number of carboxylic acid groups (broad SMARTS) is 1. The lowest BCUT2D eigenvalue weighted by molar-refractivity contribution is -0.192. The number of fused-ring (bicyclic) bond motifs is 1. The van der Waals surface area contributed by atoms with Crippen LogP contribution in [0.25, 0.3) is 10.9 Å². The number of aliphatic carboxylic acids is 1. The van der Waals surface area contributed by atoms with Crippen LogP contribution in [0.15, 0.2) is 59.6 Å². The van der Waals surface area contributed by atoms with E-state index < -0.39 is 28.3 Å². The SMILES string of the molecule is CN(C)C(=O)Oc1cc(CN2CCCC2)c2ccn(S(=O)(=O)c3ccccc3)c2c1.O=C(O)C(F)(F)F. The summed E-state index contributed by atoms with van der Waals surface area (Å²) in [6, 6.07) is 13.6. The molecule has 0 radical (unpaired) electrons. The van der Waals surface area contributed by atoms with Crippen LogP contribution in [0, 0.1) is 0 Å². The molecule has 1 saturated heterocycles. The molecule has 1 aliphatic heterocycles. The topological polar surface area (TPSA) is 109 Å². The fourth-order valence-corrected chi connectivity index (χ4v) is 5.10. The van der Waals surface area contributed by atoms with E-state index in [9.17, 15) is 26.4 Å². The predicted molar refractivity (Wildman–Crippen MR) is 129 cm³/mol. The quantitative estimate of drug-likeness (QED) is 0.517. The second-order valence-electron chi connectivity index (χ2n) is 8.49. The maximum absolute atomic E-state index is 13.2. The molecule has 1 aromatic heterocycles. The van der Waals surface area contributed by atoms with Gasteiger partial charge in [-0.05, 0) is 55.8 Å². The van der Waals surface area contributed by atoms with E-state index in [0.717, 1.165) is 36.9 Å². The average molecular weight is 542 g/mol. The van der Waals surface area contributed by atoms with E-state index in [1.54, 1.807) is 56.7 Å². The van der Waals surface area contributed by atoms with Gasteiger partial charge in [-0.25, -0.2) is 22.0 Å². The van der Waals surface area contributed by atoms with E-state index in [0.29, 0.717) is 17.8 Å². The highest BCUT2D eigenvalue weighted by Crippen LogP contribution is 2.31. The van der Waals surface area contributed by atoms with Crippen LogP contribution in [-0.4, -0.2) is 72.7 Å². The van der Waals surface area contributed by atoms with Crippen molar-refractivity contribution in [3.05, 3.63) is 60.3 Å². The van der Waals surface area contributed by atoms with Crippen LogP contribution in [-0.2, 0) is 21.4 Å². The van der Waals surface area contributed by atoms with Crippen molar-refractivity contribution in [3.8, 4) is 5.75 Å². The molecular formula is C24H26F3N3O6S. The summed E-state index contributed by atoms with van der Waals surface area (Å²) in [5.74, 6) is -2.42. The van der Waals surface area contributed by atoms with E-state index in [-0.39, 0.29) is 4.90 Å². The molecule has 1 aliphatic rings. The highest BCUT2D eigenvalue weighted by Gasteiger charge is 2.38. The van der Waals surface area contributed by atoms with Crippen LogP contribution < -0.4 is 4.74 Å². The molecule has 0 bridgehead atoms. The summed E-state index contributed by atoms with van der Waals surface area (Å²) < 4.78 is 65.0. The van der Waals surface area contributed by atoms with Crippen LogP contribution in [0.4, 0.5) is 18.0 Å². The first-order valence-electron chi connectivity index (χ1n) is 11.2. The second-order valence-corrected chi connectivity index (χ2v) is 10.3. The van der Waals surface area contributed by atoms with Gasteiger partial charge < -0.3 is 14.7 Å². The number of carbonyl (C=O) groups excluding carboxylic acids is 1. The summed E-state index contributed by atoms with van der Waals surface area (Å²) in [6.45, 7) is 2.69. The number of hydrogen-bond acceptors (Lipinski definition) is 6. The zero-order valence-corrected chi connectivity index (χ0v) is 20.9. The summed E-state index contributed by atoms with van der Waals surface area (Å²) in [5, 5.41) is 7.96. The summed E-state index contributed by atoms with van der Waals surface area (Å²) in [6.07, 6.45) is -1.72. The van der Waals surface area contributed by atoms with Crippen LogP contribution in [0.2, 0.25) is 0 Å². The summed E-state index contributed by atoms with van der Waals surface area (Å²) in [4.78, 5) is 24.9. The van der Waals surface area contributed by atoms with Crippen LogP contribution in [0.1, 0.15) is 18.4 Å². The minimum absolute atomic E-state index is 0.208. The van der Waals surface area contributed by atoms with Crippen molar-refractivity contribution in [2.24, 2.45) is 0 Å². The molecule has 0 atom stereocenters. The fourth-order valence-electron chi connectivity index (χ4n) is 3.74. The molecule has 2 heterocycles. The molecule has 0 aliphatic carbocycles. The molecule has 9 nitrogen and oxygen atoms in total. The molecule has 0 spiro atoms. The van der Waals surface area contributed by atoms with E-state index >= 15 is 0 Å². The molecule has 4 rings (SSSR count). The highest BCUT2D eigenvalue weighted by atomic mass is 32.2. The lowest BCUT2D eigenvalue weighted by Crippen LogP contribution is -2.25. The normalized spacial score (nSPS) is 14.2. The van der Waals surface area contributed by atoms with Gasteiger partial charge in [0.1, 0.15) is 5.75 Å². The highest BCUT2D eigenvalue weighted by molar-refractivity contribution is 7.90. The third-order valence-corrected chi connectivity index (χ3v) is 7.24. The Balaban J connectivity index is 0.000000479. The number of benzene rings is 2. The van der Waals surface area contributed by atoms with Gasteiger partial charge in [0.25, 0.3) is 10.0 Å². The van der Waals surface area contributed by atoms with Crippen LogP contribution in [0.5, 0.6) is 5.75 Å². The first-order valence-corrected chi connectivity index (χ1v) is 12.6. The fraction of sp³-hybridized carbons (Fsp3) is 0.333. The van der Waals surface area contributed by atoms with Gasteiger partial charge in [0.15, 0.2) is 0 Å². The van der Waals surface area contributed by atoms with Gasteiger partial charge in [-0.15, -0.1) is 0 Å². The van der Waals surface area contributed by atoms with E-state index in [1.807, 2.05) is 12.1 Å². The largest absolute Gasteiger partial charge is 0.490 e. The van der Waals surface area contributed by atoms with Gasteiger partial charge in [-0.3, -0.25) is 4.90 Å². The van der Waals surface area contributed by atoms with Crippen molar-refractivity contribution < 1.29 is 41.0 Å². The summed E-state index contributed by atoms with van der Waals surface area (Å²) in [7, 11) is -0.564. The van der Waals surface area contributed by atoms with Gasteiger partial charge in [0.05, 0.1) is 10.4 Å². The number of carboxylic acids is 1. The molecule has 37 heavy (non-hydrogen) atoms. The lowest BCUT2D eigenvalue weighted by Gasteiger charge is -2.17. The van der Waals surface area contributed by atoms with E-state index in [1.165, 1.54) is 8.87 Å². The number of halogens is 3. The maximum Gasteiger partial charge on any atom is 0.490 e. The minimum atomic E-state index is -5.08. The Morgan fingerprint density at radius 1 is 1.05 bits per heavy atom. The average Bonchev–Trinajstić information content (AvgIpc) is 3.49. The molecule has 0 unspecified atom stereocenters. The van der Waals surface area contributed by atoms with Gasteiger partial charge in [0, 0.05) is 38.3 Å². The maximum atomic E-state index is 13.2. The first kappa shape index (κ1) is 28.0.